The van der Waals surface area contributed by atoms with Crippen molar-refractivity contribution >= 4 is 51.3 Å². The van der Waals surface area contributed by atoms with Gasteiger partial charge in [-0.25, -0.2) is 13.6 Å². The highest BCUT2D eigenvalue weighted by atomic mass is 127. The van der Waals surface area contributed by atoms with Crippen LogP contribution in [0.25, 0.3) is 0 Å². The minimum absolute atomic E-state index is 0. The summed E-state index contributed by atoms with van der Waals surface area (Å²) in [6.45, 7) is 1.93. The predicted molar refractivity (Wildman–Crippen MR) is 95.8 cm³/mol. The van der Waals surface area contributed by atoms with Crippen LogP contribution in [0.5, 0.6) is 0 Å². The Balaban J connectivity index is 0.00000400. The van der Waals surface area contributed by atoms with Gasteiger partial charge in [-0.2, -0.15) is 0 Å². The summed E-state index contributed by atoms with van der Waals surface area (Å²) in [6.07, 6.45) is 0.881. The third-order valence-corrected chi connectivity index (χ3v) is 4.91. The fourth-order valence-corrected chi connectivity index (χ4v) is 3.14. The Hall–Kier alpha value is -0.430. The number of sulfonamides is 1. The minimum atomic E-state index is -3.62. The summed E-state index contributed by atoms with van der Waals surface area (Å²) in [5.74, 6) is 0.659. The average Bonchev–Trinajstić information content (AvgIpc) is 2.87. The van der Waals surface area contributed by atoms with Crippen molar-refractivity contribution in [2.75, 3.05) is 27.3 Å². The molecule has 0 aliphatic rings. The first kappa shape index (κ1) is 20.6. The van der Waals surface area contributed by atoms with Gasteiger partial charge in [0.1, 0.15) is 4.21 Å². The maximum Gasteiger partial charge on any atom is 0.247 e. The van der Waals surface area contributed by atoms with E-state index in [4.69, 9.17) is 9.88 Å². The summed E-state index contributed by atoms with van der Waals surface area (Å²) in [5.41, 5.74) is 0. The summed E-state index contributed by atoms with van der Waals surface area (Å²) in [6, 6.07) is 3.24. The van der Waals surface area contributed by atoms with Crippen LogP contribution in [0.4, 0.5) is 0 Å². The number of methoxy groups -OCH3 is 1. The number of nitrogens with two attached hydrogens (primary N) is 1. The fraction of sp³-hybridized carbons (Fsp3) is 0.545. The molecule has 0 fully saturated rings. The Morgan fingerprint density at radius 1 is 1.43 bits per heavy atom. The monoisotopic (exact) mass is 448 g/mol. The highest BCUT2D eigenvalue weighted by molar-refractivity contribution is 14.0. The van der Waals surface area contributed by atoms with Crippen molar-refractivity contribution in [2.24, 2.45) is 10.1 Å². The molecule has 0 aliphatic carbocycles. The summed E-state index contributed by atoms with van der Waals surface area (Å²) in [4.78, 5) is 4.94. The number of primary sulfonamides is 1. The van der Waals surface area contributed by atoms with Gasteiger partial charge in [-0.1, -0.05) is 0 Å². The van der Waals surface area contributed by atoms with Gasteiger partial charge in [-0.15, -0.1) is 35.3 Å². The Morgan fingerprint density at radius 3 is 2.67 bits per heavy atom. The van der Waals surface area contributed by atoms with E-state index in [1.54, 1.807) is 20.2 Å². The molecule has 10 heteroatoms. The first-order chi connectivity index (χ1) is 9.47. The minimum Gasteiger partial charge on any atom is -0.385 e. The van der Waals surface area contributed by atoms with Crippen LogP contribution < -0.4 is 15.8 Å². The van der Waals surface area contributed by atoms with Crippen LogP contribution in [-0.4, -0.2) is 41.7 Å². The molecule has 21 heavy (non-hydrogen) atoms. The molecular weight excluding hydrogens is 427 g/mol. The van der Waals surface area contributed by atoms with E-state index in [2.05, 4.69) is 15.6 Å². The fourth-order valence-electron chi connectivity index (χ4n) is 1.42. The molecule has 0 radical (unpaired) electrons. The van der Waals surface area contributed by atoms with Gasteiger partial charge in [-0.05, 0) is 18.6 Å². The molecule has 0 aromatic carbocycles. The molecule has 0 bridgehead atoms. The predicted octanol–water partition coefficient (Wildman–Crippen LogP) is 0.715. The lowest BCUT2D eigenvalue weighted by molar-refractivity contribution is 0.195. The molecule has 0 saturated heterocycles. The Bertz CT molecular complexity index is 545. The third-order valence-electron chi connectivity index (χ3n) is 2.39. The Labute approximate surface area is 146 Å². The number of nitrogens with one attached hydrogen (secondary N) is 2. The second-order valence-electron chi connectivity index (χ2n) is 3.96. The maximum atomic E-state index is 11.2. The van der Waals surface area contributed by atoms with Crippen LogP contribution in [0.3, 0.4) is 0 Å². The zero-order valence-corrected chi connectivity index (χ0v) is 15.9. The van der Waals surface area contributed by atoms with E-state index in [1.165, 1.54) is 6.07 Å². The molecule has 1 rings (SSSR count). The van der Waals surface area contributed by atoms with Crippen LogP contribution in [-0.2, 0) is 21.3 Å². The normalized spacial score (nSPS) is 11.9. The van der Waals surface area contributed by atoms with Crippen LogP contribution in [0.15, 0.2) is 21.3 Å². The number of nitrogens with zero attached hydrogens (tertiary/aromatic N) is 1. The third kappa shape index (κ3) is 7.95. The molecule has 1 heterocycles. The van der Waals surface area contributed by atoms with Crippen molar-refractivity contribution < 1.29 is 13.2 Å². The molecule has 1 aromatic rings. The zero-order valence-electron chi connectivity index (χ0n) is 12.0. The average molecular weight is 448 g/mol. The molecular formula is C11H21IN4O3S2. The molecule has 122 valence electrons. The summed E-state index contributed by atoms with van der Waals surface area (Å²) in [5, 5.41) is 11.3. The van der Waals surface area contributed by atoms with Crippen LogP contribution in [0.2, 0.25) is 0 Å². The van der Waals surface area contributed by atoms with E-state index in [0.29, 0.717) is 19.1 Å². The van der Waals surface area contributed by atoms with Gasteiger partial charge in [-0.3, -0.25) is 4.99 Å². The van der Waals surface area contributed by atoms with Crippen molar-refractivity contribution in [3.63, 3.8) is 0 Å². The van der Waals surface area contributed by atoms with Gasteiger partial charge in [0.25, 0.3) is 0 Å². The largest absolute Gasteiger partial charge is 0.385 e. The maximum absolute atomic E-state index is 11.2. The summed E-state index contributed by atoms with van der Waals surface area (Å²) < 4.78 is 27.4. The SMILES string of the molecule is CN=C(NCCCOC)NCc1ccc(S(N)(=O)=O)s1.I. The summed E-state index contributed by atoms with van der Waals surface area (Å²) in [7, 11) is -0.280. The molecule has 0 spiro atoms. The van der Waals surface area contributed by atoms with E-state index in [0.717, 1.165) is 29.2 Å². The Kier molecular flexibility index (Phi) is 10.1. The molecule has 0 saturated carbocycles. The van der Waals surface area contributed by atoms with Gasteiger partial charge >= 0.3 is 0 Å². The van der Waals surface area contributed by atoms with Gasteiger partial charge in [0.2, 0.25) is 10.0 Å². The van der Waals surface area contributed by atoms with Crippen molar-refractivity contribution in [2.45, 2.75) is 17.2 Å². The van der Waals surface area contributed by atoms with E-state index in [1.807, 2.05) is 0 Å². The molecule has 0 atom stereocenters. The second-order valence-corrected chi connectivity index (χ2v) is 6.92. The lowest BCUT2D eigenvalue weighted by atomic mass is 10.4. The van der Waals surface area contributed by atoms with Gasteiger partial charge in [0.15, 0.2) is 5.96 Å². The lowest BCUT2D eigenvalue weighted by Gasteiger charge is -2.10. The smallest absolute Gasteiger partial charge is 0.247 e. The molecule has 0 unspecified atom stereocenters. The van der Waals surface area contributed by atoms with Crippen molar-refractivity contribution in [1.29, 1.82) is 0 Å². The number of rotatable bonds is 7. The van der Waals surface area contributed by atoms with Crippen LogP contribution in [0.1, 0.15) is 11.3 Å². The highest BCUT2D eigenvalue weighted by Gasteiger charge is 2.11. The van der Waals surface area contributed by atoms with Crippen LogP contribution in [0, 0.1) is 0 Å². The Morgan fingerprint density at radius 2 is 2.14 bits per heavy atom. The molecule has 7 nitrogen and oxygen atoms in total. The van der Waals surface area contributed by atoms with E-state index < -0.39 is 10.0 Å². The zero-order chi connectivity index (χ0) is 15.0. The van der Waals surface area contributed by atoms with E-state index in [9.17, 15) is 8.42 Å². The number of thiophene rings is 1. The van der Waals surface area contributed by atoms with Crippen molar-refractivity contribution in [1.82, 2.24) is 10.6 Å². The number of aliphatic imine (C=N–C) groups is 1. The number of guanidine groups is 1. The second kappa shape index (κ2) is 10.3. The van der Waals surface area contributed by atoms with Gasteiger partial charge < -0.3 is 15.4 Å². The molecule has 4 N–H and O–H groups in total. The topological polar surface area (TPSA) is 106 Å². The summed E-state index contributed by atoms with van der Waals surface area (Å²) >= 11 is 1.15. The first-order valence-electron chi connectivity index (χ1n) is 6.02. The van der Waals surface area contributed by atoms with Crippen LogP contribution >= 0.6 is 35.3 Å². The van der Waals surface area contributed by atoms with Crippen molar-refractivity contribution in [3.8, 4) is 0 Å². The lowest BCUT2D eigenvalue weighted by Crippen LogP contribution is -2.37. The van der Waals surface area contributed by atoms with E-state index >= 15 is 0 Å². The number of hydrogen-bond acceptors (Lipinski definition) is 5. The van der Waals surface area contributed by atoms with E-state index in [-0.39, 0.29) is 28.2 Å². The number of hydrogen-bond donors (Lipinski definition) is 3. The van der Waals surface area contributed by atoms with Gasteiger partial charge in [0.05, 0.1) is 6.54 Å². The number of halogens is 1. The number of ether oxygens (including phenoxy) is 1. The molecule has 0 aliphatic heterocycles. The quantitative estimate of drug-likeness (QED) is 0.247. The molecule has 0 amide bonds. The standard InChI is InChI=1S/C11H20N4O3S2.HI/c1-13-11(14-6-3-7-18-2)15-8-9-4-5-10(19-9)20(12,16)17;/h4-5H,3,6-8H2,1-2H3,(H2,12,16,17)(H2,13,14,15);1H. The highest BCUT2D eigenvalue weighted by Crippen LogP contribution is 2.19. The molecule has 1 aromatic heterocycles. The van der Waals surface area contributed by atoms with Crippen molar-refractivity contribution in [3.05, 3.63) is 17.0 Å². The van der Waals surface area contributed by atoms with Gasteiger partial charge in [0, 0.05) is 32.2 Å². The first-order valence-corrected chi connectivity index (χ1v) is 8.38.